The summed E-state index contributed by atoms with van der Waals surface area (Å²) in [6, 6.07) is 6.82. The predicted octanol–water partition coefficient (Wildman–Crippen LogP) is 4.19. The predicted molar refractivity (Wildman–Crippen MR) is 68.7 cm³/mol. The van der Waals surface area contributed by atoms with Gasteiger partial charge in [0.2, 0.25) is 0 Å². The summed E-state index contributed by atoms with van der Waals surface area (Å²) in [6.45, 7) is 9.63. The quantitative estimate of drug-likeness (QED) is 0.724. The van der Waals surface area contributed by atoms with E-state index in [9.17, 15) is 0 Å². The summed E-state index contributed by atoms with van der Waals surface area (Å²) in [5.74, 6) is 0.646. The Labute approximate surface area is 93.9 Å². The standard InChI is InChI=1S/C12H17N.C2H6/c1-9(2)10-5-6-12-11(8-10)4-3-7-13-12;1-2/h5-6,8-9,13H,3-4,7H2,1-2H3;1-2H3. The fourth-order valence-electron chi connectivity index (χ4n) is 1.85. The third-order valence-electron chi connectivity index (χ3n) is 2.73. The molecule has 0 saturated carbocycles. The smallest absolute Gasteiger partial charge is 0.0372 e. The van der Waals surface area contributed by atoms with Gasteiger partial charge in [-0.3, -0.25) is 0 Å². The van der Waals surface area contributed by atoms with Gasteiger partial charge in [0.05, 0.1) is 0 Å². The van der Waals surface area contributed by atoms with Gasteiger partial charge in [-0.05, 0) is 36.0 Å². The maximum Gasteiger partial charge on any atom is 0.0372 e. The summed E-state index contributed by atoms with van der Waals surface area (Å²) >= 11 is 0. The van der Waals surface area contributed by atoms with Crippen molar-refractivity contribution in [3.05, 3.63) is 29.3 Å². The van der Waals surface area contributed by atoms with E-state index in [0.717, 1.165) is 6.54 Å². The molecule has 0 fully saturated rings. The Hall–Kier alpha value is -0.980. The molecule has 0 amide bonds. The van der Waals surface area contributed by atoms with Crippen molar-refractivity contribution in [2.75, 3.05) is 11.9 Å². The summed E-state index contributed by atoms with van der Waals surface area (Å²) in [6.07, 6.45) is 2.51. The molecule has 2 rings (SSSR count). The van der Waals surface area contributed by atoms with Crippen molar-refractivity contribution in [1.29, 1.82) is 0 Å². The number of fused-ring (bicyclic) bond motifs is 1. The van der Waals surface area contributed by atoms with Crippen molar-refractivity contribution in [2.24, 2.45) is 0 Å². The molecule has 1 aliphatic heterocycles. The third kappa shape index (κ3) is 2.98. The van der Waals surface area contributed by atoms with Gasteiger partial charge >= 0.3 is 0 Å². The monoisotopic (exact) mass is 205 g/mol. The van der Waals surface area contributed by atoms with Crippen molar-refractivity contribution in [1.82, 2.24) is 0 Å². The lowest BCUT2D eigenvalue weighted by Crippen LogP contribution is -2.11. The van der Waals surface area contributed by atoms with Crippen LogP contribution in [0.2, 0.25) is 0 Å². The van der Waals surface area contributed by atoms with Crippen LogP contribution in [0, 0.1) is 0 Å². The van der Waals surface area contributed by atoms with Crippen LogP contribution in [0.4, 0.5) is 5.69 Å². The molecule has 1 heteroatoms. The highest BCUT2D eigenvalue weighted by Crippen LogP contribution is 2.25. The number of hydrogen-bond acceptors (Lipinski definition) is 1. The second-order valence-electron chi connectivity index (χ2n) is 4.10. The highest BCUT2D eigenvalue weighted by Gasteiger charge is 2.09. The van der Waals surface area contributed by atoms with Gasteiger partial charge < -0.3 is 5.32 Å². The fraction of sp³-hybridized carbons (Fsp3) is 0.571. The fourth-order valence-corrected chi connectivity index (χ4v) is 1.85. The first-order valence-corrected chi connectivity index (χ1v) is 6.14. The lowest BCUT2D eigenvalue weighted by molar-refractivity contribution is 0.815. The molecule has 1 nitrogen and oxygen atoms in total. The van der Waals surface area contributed by atoms with Gasteiger partial charge in [0.25, 0.3) is 0 Å². The van der Waals surface area contributed by atoms with Gasteiger partial charge in [-0.25, -0.2) is 0 Å². The van der Waals surface area contributed by atoms with E-state index in [1.54, 1.807) is 0 Å². The average Bonchev–Trinajstić information content (AvgIpc) is 2.31. The summed E-state index contributed by atoms with van der Waals surface area (Å²) in [4.78, 5) is 0. The van der Waals surface area contributed by atoms with Gasteiger partial charge in [0.15, 0.2) is 0 Å². The van der Waals surface area contributed by atoms with Crippen molar-refractivity contribution >= 4 is 5.69 Å². The molecule has 1 N–H and O–H groups in total. The van der Waals surface area contributed by atoms with Crippen molar-refractivity contribution in [2.45, 2.75) is 46.5 Å². The zero-order valence-electron chi connectivity index (χ0n) is 10.4. The van der Waals surface area contributed by atoms with Crippen LogP contribution >= 0.6 is 0 Å². The van der Waals surface area contributed by atoms with Crippen LogP contribution in [-0.2, 0) is 6.42 Å². The Morgan fingerprint density at radius 1 is 1.20 bits per heavy atom. The lowest BCUT2D eigenvalue weighted by Gasteiger charge is -2.19. The number of benzene rings is 1. The van der Waals surface area contributed by atoms with Crippen LogP contribution in [0.1, 0.15) is 51.2 Å². The Morgan fingerprint density at radius 3 is 2.60 bits per heavy atom. The number of rotatable bonds is 1. The minimum atomic E-state index is 0.646. The van der Waals surface area contributed by atoms with E-state index >= 15 is 0 Å². The van der Waals surface area contributed by atoms with E-state index in [2.05, 4.69) is 37.4 Å². The van der Waals surface area contributed by atoms with Gasteiger partial charge in [-0.15, -0.1) is 0 Å². The Balaban J connectivity index is 0.000000531. The Bertz CT molecular complexity index is 302. The van der Waals surface area contributed by atoms with Crippen molar-refractivity contribution < 1.29 is 0 Å². The van der Waals surface area contributed by atoms with Gasteiger partial charge in [-0.1, -0.05) is 39.8 Å². The summed E-state index contributed by atoms with van der Waals surface area (Å²) < 4.78 is 0. The van der Waals surface area contributed by atoms with Gasteiger partial charge in [0.1, 0.15) is 0 Å². The van der Waals surface area contributed by atoms with Crippen LogP contribution in [0.5, 0.6) is 0 Å². The van der Waals surface area contributed by atoms with Crippen molar-refractivity contribution in [3.63, 3.8) is 0 Å². The van der Waals surface area contributed by atoms with E-state index in [1.165, 1.54) is 29.7 Å². The molecule has 0 unspecified atom stereocenters. The molecule has 84 valence electrons. The van der Waals surface area contributed by atoms with Crippen LogP contribution in [0.25, 0.3) is 0 Å². The maximum absolute atomic E-state index is 3.43. The minimum Gasteiger partial charge on any atom is -0.385 e. The summed E-state index contributed by atoms with van der Waals surface area (Å²) in [5.41, 5.74) is 4.30. The van der Waals surface area contributed by atoms with Gasteiger partial charge in [0, 0.05) is 12.2 Å². The maximum atomic E-state index is 3.43. The number of nitrogens with one attached hydrogen (secondary N) is 1. The van der Waals surface area contributed by atoms with Gasteiger partial charge in [-0.2, -0.15) is 0 Å². The molecular formula is C14H23N. The SMILES string of the molecule is CC.CC(C)c1ccc2c(c1)CCCN2. The average molecular weight is 205 g/mol. The van der Waals surface area contributed by atoms with Crippen LogP contribution < -0.4 is 5.32 Å². The van der Waals surface area contributed by atoms with E-state index in [1.807, 2.05) is 13.8 Å². The van der Waals surface area contributed by atoms with E-state index in [4.69, 9.17) is 0 Å². The Kier molecular flexibility index (Phi) is 4.67. The summed E-state index contributed by atoms with van der Waals surface area (Å²) in [7, 11) is 0. The normalized spacial score (nSPS) is 13.7. The zero-order chi connectivity index (χ0) is 11.3. The minimum absolute atomic E-state index is 0.646. The van der Waals surface area contributed by atoms with Crippen LogP contribution in [0.15, 0.2) is 18.2 Å². The zero-order valence-corrected chi connectivity index (χ0v) is 10.4. The largest absolute Gasteiger partial charge is 0.385 e. The molecule has 1 aromatic rings. The number of aryl methyl sites for hydroxylation is 1. The van der Waals surface area contributed by atoms with E-state index < -0.39 is 0 Å². The number of hydrogen-bond donors (Lipinski definition) is 1. The first-order valence-electron chi connectivity index (χ1n) is 6.14. The molecule has 1 heterocycles. The van der Waals surface area contributed by atoms with Crippen molar-refractivity contribution in [3.8, 4) is 0 Å². The highest BCUT2D eigenvalue weighted by atomic mass is 14.9. The second-order valence-corrected chi connectivity index (χ2v) is 4.10. The molecule has 0 aromatic heterocycles. The van der Waals surface area contributed by atoms with Crippen LogP contribution in [-0.4, -0.2) is 6.54 Å². The number of anilines is 1. The molecule has 0 aliphatic carbocycles. The Morgan fingerprint density at radius 2 is 1.93 bits per heavy atom. The molecular weight excluding hydrogens is 182 g/mol. The van der Waals surface area contributed by atoms with E-state index in [0.29, 0.717) is 5.92 Å². The molecule has 0 bridgehead atoms. The molecule has 15 heavy (non-hydrogen) atoms. The highest BCUT2D eigenvalue weighted by molar-refractivity contribution is 5.54. The first-order chi connectivity index (χ1) is 7.27. The molecule has 0 atom stereocenters. The third-order valence-corrected chi connectivity index (χ3v) is 2.73. The first kappa shape index (κ1) is 12.1. The lowest BCUT2D eigenvalue weighted by atomic mass is 9.96. The molecule has 1 aliphatic rings. The summed E-state index contributed by atoms with van der Waals surface area (Å²) in [5, 5.41) is 3.43. The topological polar surface area (TPSA) is 12.0 Å². The van der Waals surface area contributed by atoms with E-state index in [-0.39, 0.29) is 0 Å². The second kappa shape index (κ2) is 5.79. The van der Waals surface area contributed by atoms with Crippen LogP contribution in [0.3, 0.4) is 0 Å². The molecule has 1 aromatic carbocycles. The molecule has 0 spiro atoms. The molecule has 0 saturated heterocycles. The molecule has 0 radical (unpaired) electrons.